The molecule has 0 saturated heterocycles. The van der Waals surface area contributed by atoms with Gasteiger partial charge in [-0.3, -0.25) is 4.79 Å². The van der Waals surface area contributed by atoms with Gasteiger partial charge in [0, 0.05) is 0 Å². The quantitative estimate of drug-likeness (QED) is 0.306. The topological polar surface area (TPSA) is 26.3 Å². The van der Waals surface area contributed by atoms with Crippen molar-refractivity contribution in [3.05, 3.63) is 10.1 Å². The molecule has 5 aliphatic carbocycles. The first-order chi connectivity index (χ1) is 16.1. The van der Waals surface area contributed by atoms with Crippen molar-refractivity contribution in [2.75, 3.05) is 7.11 Å². The van der Waals surface area contributed by atoms with Crippen molar-refractivity contribution in [1.29, 1.82) is 0 Å². The summed E-state index contributed by atoms with van der Waals surface area (Å²) < 4.78 is 7.00. The van der Waals surface area contributed by atoms with Crippen LogP contribution in [0.3, 0.4) is 0 Å². The standard InChI is InChI=1S/C32H51BrO2/c1-20-10-12-29(6)23(28(20,4)5)11-13-30(7)24(29)18-22(33)25-21-19-27(2,3)14-16-32(21,26(34)35-9)17-15-31(25,30)8/h20-21,23-24H,10-19H2,1-9H3/t20-,21?,23?,24?,29-,30+,31+,32-/m0/s1. The third kappa shape index (κ3) is 3.27. The maximum atomic E-state index is 13.5. The number of methoxy groups -OCH3 is 1. The third-order valence-corrected chi connectivity index (χ3v) is 14.6. The van der Waals surface area contributed by atoms with E-state index in [1.807, 2.05) is 0 Å². The Morgan fingerprint density at radius 1 is 0.886 bits per heavy atom. The van der Waals surface area contributed by atoms with E-state index < -0.39 is 0 Å². The van der Waals surface area contributed by atoms with E-state index in [9.17, 15) is 4.79 Å². The summed E-state index contributed by atoms with van der Waals surface area (Å²) in [5, 5.41) is 0. The zero-order valence-electron chi connectivity index (χ0n) is 24.1. The van der Waals surface area contributed by atoms with Gasteiger partial charge in [-0.2, -0.15) is 0 Å². The highest BCUT2D eigenvalue weighted by atomic mass is 79.9. The fraction of sp³-hybridized carbons (Fsp3) is 0.906. The molecule has 0 aromatic rings. The molecule has 3 unspecified atom stereocenters. The number of allylic oxidation sites excluding steroid dienone is 2. The number of hydrogen-bond acceptors (Lipinski definition) is 2. The number of esters is 1. The van der Waals surface area contributed by atoms with Crippen molar-refractivity contribution in [2.24, 2.45) is 56.2 Å². The van der Waals surface area contributed by atoms with Crippen LogP contribution in [0.25, 0.3) is 0 Å². The van der Waals surface area contributed by atoms with Gasteiger partial charge < -0.3 is 4.74 Å². The molecule has 198 valence electrons. The van der Waals surface area contributed by atoms with Gasteiger partial charge in [-0.15, -0.1) is 0 Å². The summed E-state index contributed by atoms with van der Waals surface area (Å²) in [6.45, 7) is 20.4. The average Bonchev–Trinajstić information content (AvgIpc) is 2.77. The minimum atomic E-state index is -0.329. The Kier molecular flexibility index (Phi) is 5.91. The van der Waals surface area contributed by atoms with Gasteiger partial charge in [-0.05, 0) is 125 Å². The summed E-state index contributed by atoms with van der Waals surface area (Å²) in [6, 6.07) is 0. The highest BCUT2D eigenvalue weighted by Crippen LogP contribution is 2.77. The van der Waals surface area contributed by atoms with E-state index in [0.29, 0.717) is 22.7 Å². The van der Waals surface area contributed by atoms with Crippen LogP contribution in [-0.4, -0.2) is 13.1 Å². The van der Waals surface area contributed by atoms with Gasteiger partial charge in [0.2, 0.25) is 0 Å². The van der Waals surface area contributed by atoms with Crippen LogP contribution in [-0.2, 0) is 9.53 Å². The summed E-state index contributed by atoms with van der Waals surface area (Å²) in [5.41, 5.74) is 2.78. The van der Waals surface area contributed by atoms with E-state index in [1.54, 1.807) is 12.7 Å². The summed E-state index contributed by atoms with van der Waals surface area (Å²) in [7, 11) is 1.61. The number of carbonyl (C=O) groups excluding carboxylic acids is 1. The SMILES string of the molecule is COC(=O)[C@]12CCC(C)(C)CC1C1=C(Br)CC3[C@@]4(C)CC[C@H](C)C(C)(C)C4CC[C@@]3(C)[C@]1(C)CC2. The lowest BCUT2D eigenvalue weighted by Gasteiger charge is -2.71. The lowest BCUT2D eigenvalue weighted by molar-refractivity contribution is -0.196. The lowest BCUT2D eigenvalue weighted by atomic mass is 9.33. The van der Waals surface area contributed by atoms with Gasteiger partial charge in [0.1, 0.15) is 0 Å². The Bertz CT molecular complexity index is 947. The van der Waals surface area contributed by atoms with Crippen molar-refractivity contribution in [2.45, 2.75) is 120 Å². The van der Waals surface area contributed by atoms with Crippen molar-refractivity contribution in [1.82, 2.24) is 0 Å². The lowest BCUT2D eigenvalue weighted by Crippen LogP contribution is -2.64. The second kappa shape index (κ2) is 7.86. The van der Waals surface area contributed by atoms with Crippen LogP contribution in [0, 0.1) is 56.2 Å². The molecule has 0 spiro atoms. The Balaban J connectivity index is 1.64. The van der Waals surface area contributed by atoms with Crippen LogP contribution in [0.4, 0.5) is 0 Å². The molecular weight excluding hydrogens is 496 g/mol. The highest BCUT2D eigenvalue weighted by Gasteiger charge is 2.70. The minimum Gasteiger partial charge on any atom is -0.469 e. The summed E-state index contributed by atoms with van der Waals surface area (Å²) in [5.74, 6) is 2.66. The second-order valence-electron chi connectivity index (χ2n) is 15.8. The molecule has 8 atom stereocenters. The Morgan fingerprint density at radius 3 is 2.20 bits per heavy atom. The normalized spacial score (nSPS) is 50.3. The van der Waals surface area contributed by atoms with E-state index in [2.05, 4.69) is 71.3 Å². The molecule has 0 N–H and O–H groups in total. The maximum absolute atomic E-state index is 13.5. The minimum absolute atomic E-state index is 0.0545. The van der Waals surface area contributed by atoms with Gasteiger partial charge >= 0.3 is 5.97 Å². The molecule has 0 radical (unpaired) electrons. The van der Waals surface area contributed by atoms with Gasteiger partial charge in [0.15, 0.2) is 0 Å². The third-order valence-electron chi connectivity index (χ3n) is 13.8. The molecule has 0 aromatic heterocycles. The molecule has 4 saturated carbocycles. The number of carbonyl (C=O) groups is 1. The molecule has 5 aliphatic rings. The van der Waals surface area contributed by atoms with Gasteiger partial charge in [-0.25, -0.2) is 0 Å². The smallest absolute Gasteiger partial charge is 0.312 e. The molecular formula is C32H51BrO2. The van der Waals surface area contributed by atoms with Gasteiger partial charge in [-0.1, -0.05) is 71.3 Å². The number of hydrogen-bond donors (Lipinski definition) is 0. The predicted molar refractivity (Wildman–Crippen MR) is 148 cm³/mol. The number of halogens is 1. The van der Waals surface area contributed by atoms with Crippen molar-refractivity contribution < 1.29 is 9.53 Å². The fourth-order valence-electron chi connectivity index (χ4n) is 11.0. The van der Waals surface area contributed by atoms with Crippen LogP contribution in [0.2, 0.25) is 0 Å². The zero-order valence-corrected chi connectivity index (χ0v) is 25.7. The Morgan fingerprint density at radius 2 is 1.54 bits per heavy atom. The van der Waals surface area contributed by atoms with Gasteiger partial charge in [0.25, 0.3) is 0 Å². The van der Waals surface area contributed by atoms with Crippen LogP contribution in [0.15, 0.2) is 10.1 Å². The van der Waals surface area contributed by atoms with Crippen LogP contribution < -0.4 is 0 Å². The van der Waals surface area contributed by atoms with Crippen LogP contribution >= 0.6 is 15.9 Å². The second-order valence-corrected chi connectivity index (χ2v) is 16.7. The highest BCUT2D eigenvalue weighted by molar-refractivity contribution is 9.11. The van der Waals surface area contributed by atoms with E-state index >= 15 is 0 Å². The fourth-order valence-corrected chi connectivity index (χ4v) is 12.1. The summed E-state index contributed by atoms with van der Waals surface area (Å²) in [4.78, 5) is 13.5. The monoisotopic (exact) mass is 546 g/mol. The average molecular weight is 548 g/mol. The molecule has 0 amide bonds. The van der Waals surface area contributed by atoms with E-state index in [1.165, 1.54) is 30.2 Å². The number of ether oxygens (including phenoxy) is 1. The first-order valence-electron chi connectivity index (χ1n) is 14.6. The van der Waals surface area contributed by atoms with Crippen LogP contribution in [0.1, 0.15) is 120 Å². The largest absolute Gasteiger partial charge is 0.469 e. The Labute approximate surface area is 223 Å². The first-order valence-corrected chi connectivity index (χ1v) is 15.4. The summed E-state index contributed by atoms with van der Waals surface area (Å²) >= 11 is 4.25. The van der Waals surface area contributed by atoms with Crippen molar-refractivity contribution in [3.63, 3.8) is 0 Å². The van der Waals surface area contributed by atoms with E-state index in [4.69, 9.17) is 4.74 Å². The Hall–Kier alpha value is -0.310. The molecule has 0 bridgehead atoms. The van der Waals surface area contributed by atoms with E-state index in [0.717, 1.165) is 50.4 Å². The molecule has 0 heterocycles. The van der Waals surface area contributed by atoms with Crippen molar-refractivity contribution in [3.8, 4) is 0 Å². The van der Waals surface area contributed by atoms with Crippen molar-refractivity contribution >= 4 is 21.9 Å². The number of fused-ring (bicyclic) bond motifs is 7. The molecule has 0 aromatic carbocycles. The molecule has 5 rings (SSSR count). The first kappa shape index (κ1) is 26.3. The molecule has 3 heteroatoms. The predicted octanol–water partition coefficient (Wildman–Crippen LogP) is 9.32. The molecule has 4 fully saturated rings. The van der Waals surface area contributed by atoms with Gasteiger partial charge in [0.05, 0.1) is 12.5 Å². The summed E-state index contributed by atoms with van der Waals surface area (Å²) in [6.07, 6.45) is 11.9. The van der Waals surface area contributed by atoms with E-state index in [-0.39, 0.29) is 27.6 Å². The molecule has 0 aliphatic heterocycles. The molecule has 35 heavy (non-hydrogen) atoms. The van der Waals surface area contributed by atoms with Crippen LogP contribution in [0.5, 0.6) is 0 Å². The number of rotatable bonds is 1. The maximum Gasteiger partial charge on any atom is 0.312 e. The zero-order chi connectivity index (χ0) is 25.8. The molecule has 2 nitrogen and oxygen atoms in total.